The van der Waals surface area contributed by atoms with Crippen LogP contribution in [0.5, 0.6) is 0 Å². The number of amides is 1. The largest absolute Gasteiger partial charge is 0.370 e. The van der Waals surface area contributed by atoms with Gasteiger partial charge in [0, 0.05) is 11.6 Å². The first-order valence-corrected chi connectivity index (χ1v) is 8.09. The van der Waals surface area contributed by atoms with Crippen LogP contribution in [-0.2, 0) is 11.2 Å². The van der Waals surface area contributed by atoms with Crippen molar-refractivity contribution < 1.29 is 14.1 Å². The number of benzene rings is 1. The van der Waals surface area contributed by atoms with Crippen LogP contribution in [0, 0.1) is 6.92 Å². The molecule has 5 nitrogen and oxygen atoms in total. The van der Waals surface area contributed by atoms with Crippen LogP contribution in [0.15, 0.2) is 28.8 Å². The highest BCUT2D eigenvalue weighted by molar-refractivity contribution is 6.30. The van der Waals surface area contributed by atoms with E-state index in [1.54, 1.807) is 6.92 Å². The summed E-state index contributed by atoms with van der Waals surface area (Å²) in [6.07, 6.45) is 0.527. The Kier molecular flexibility index (Phi) is 4.68. The molecule has 0 spiro atoms. The molecule has 1 aromatic heterocycles. The number of aromatic nitrogens is 1. The first-order valence-electron chi connectivity index (χ1n) is 7.71. The minimum Gasteiger partial charge on any atom is -0.370 e. The SMILES string of the molecule is CCc1noc(C)c1C(=O)N1CCO[C@H](c2ccc(Cl)cc2)C1. The maximum Gasteiger partial charge on any atom is 0.259 e. The van der Waals surface area contributed by atoms with E-state index in [-0.39, 0.29) is 12.0 Å². The van der Waals surface area contributed by atoms with E-state index in [1.165, 1.54) is 0 Å². The third kappa shape index (κ3) is 3.26. The van der Waals surface area contributed by atoms with Gasteiger partial charge in [0.25, 0.3) is 5.91 Å². The van der Waals surface area contributed by atoms with Crippen LogP contribution in [0.1, 0.15) is 40.4 Å². The Morgan fingerprint density at radius 3 is 2.83 bits per heavy atom. The second-order valence-electron chi connectivity index (χ2n) is 5.58. The maximum absolute atomic E-state index is 12.8. The molecule has 2 aromatic rings. The molecule has 0 saturated carbocycles. The fraction of sp³-hybridized carbons (Fsp3) is 0.412. The van der Waals surface area contributed by atoms with E-state index in [4.69, 9.17) is 20.9 Å². The van der Waals surface area contributed by atoms with Crippen molar-refractivity contribution in [2.45, 2.75) is 26.4 Å². The van der Waals surface area contributed by atoms with Crippen LogP contribution < -0.4 is 0 Å². The third-order valence-corrected chi connectivity index (χ3v) is 4.33. The van der Waals surface area contributed by atoms with Gasteiger partial charge in [0.05, 0.1) is 18.8 Å². The van der Waals surface area contributed by atoms with Crippen LogP contribution in [0.4, 0.5) is 0 Å². The fourth-order valence-corrected chi connectivity index (χ4v) is 2.93. The number of ether oxygens (including phenoxy) is 1. The highest BCUT2D eigenvalue weighted by Crippen LogP contribution is 2.26. The summed E-state index contributed by atoms with van der Waals surface area (Å²) in [5, 5.41) is 4.65. The molecule has 1 aliphatic rings. The lowest BCUT2D eigenvalue weighted by molar-refractivity contribution is -0.0229. The molecule has 1 amide bonds. The van der Waals surface area contributed by atoms with Crippen molar-refractivity contribution in [3.8, 4) is 0 Å². The number of carbonyl (C=O) groups excluding carboxylic acids is 1. The number of halogens is 1. The van der Waals surface area contributed by atoms with Crippen LogP contribution >= 0.6 is 11.6 Å². The van der Waals surface area contributed by atoms with E-state index in [1.807, 2.05) is 36.1 Å². The summed E-state index contributed by atoms with van der Waals surface area (Å²) in [5.41, 5.74) is 2.32. The summed E-state index contributed by atoms with van der Waals surface area (Å²) in [6.45, 7) is 5.32. The Morgan fingerprint density at radius 1 is 1.39 bits per heavy atom. The van der Waals surface area contributed by atoms with E-state index in [0.717, 1.165) is 5.56 Å². The Labute approximate surface area is 140 Å². The zero-order valence-electron chi connectivity index (χ0n) is 13.2. The molecule has 23 heavy (non-hydrogen) atoms. The molecule has 3 rings (SSSR count). The van der Waals surface area contributed by atoms with Gasteiger partial charge >= 0.3 is 0 Å². The highest BCUT2D eigenvalue weighted by atomic mass is 35.5. The molecule has 0 N–H and O–H groups in total. The minimum atomic E-state index is -0.143. The van der Waals surface area contributed by atoms with Gasteiger partial charge in [-0.1, -0.05) is 35.8 Å². The third-order valence-electron chi connectivity index (χ3n) is 4.08. The van der Waals surface area contributed by atoms with Gasteiger partial charge < -0.3 is 14.2 Å². The lowest BCUT2D eigenvalue weighted by atomic mass is 10.1. The second kappa shape index (κ2) is 6.72. The molecule has 0 bridgehead atoms. The van der Waals surface area contributed by atoms with Crippen molar-refractivity contribution >= 4 is 17.5 Å². The van der Waals surface area contributed by atoms with Gasteiger partial charge in [-0.25, -0.2) is 0 Å². The van der Waals surface area contributed by atoms with Gasteiger partial charge in [-0.15, -0.1) is 0 Å². The number of nitrogens with zero attached hydrogens (tertiary/aromatic N) is 2. The Morgan fingerprint density at radius 2 is 2.13 bits per heavy atom. The lowest BCUT2D eigenvalue weighted by Gasteiger charge is -2.33. The van der Waals surface area contributed by atoms with Gasteiger partial charge in [0.15, 0.2) is 0 Å². The molecule has 1 aromatic carbocycles. The quantitative estimate of drug-likeness (QED) is 0.863. The van der Waals surface area contributed by atoms with Crippen LogP contribution in [0.3, 0.4) is 0 Å². The molecule has 1 atom stereocenters. The van der Waals surface area contributed by atoms with Crippen molar-refractivity contribution in [3.05, 3.63) is 51.9 Å². The summed E-state index contributed by atoms with van der Waals surface area (Å²) < 4.78 is 11.0. The predicted molar refractivity (Wildman–Crippen MR) is 86.7 cm³/mol. The topological polar surface area (TPSA) is 55.6 Å². The van der Waals surface area contributed by atoms with Crippen molar-refractivity contribution in [3.63, 3.8) is 0 Å². The summed E-state index contributed by atoms with van der Waals surface area (Å²) in [6, 6.07) is 7.53. The van der Waals surface area contributed by atoms with E-state index in [2.05, 4.69) is 5.16 Å². The molecule has 0 radical (unpaired) electrons. The minimum absolute atomic E-state index is 0.0390. The highest BCUT2D eigenvalue weighted by Gasteiger charge is 2.29. The molecular weight excluding hydrogens is 316 g/mol. The number of aryl methyl sites for hydroxylation is 2. The molecule has 2 heterocycles. The molecule has 1 fully saturated rings. The number of hydrogen-bond donors (Lipinski definition) is 0. The number of hydrogen-bond acceptors (Lipinski definition) is 4. The molecule has 122 valence electrons. The van der Waals surface area contributed by atoms with Crippen LogP contribution in [0.25, 0.3) is 0 Å². The molecule has 6 heteroatoms. The monoisotopic (exact) mass is 334 g/mol. The van der Waals surface area contributed by atoms with Crippen molar-refractivity contribution in [1.82, 2.24) is 10.1 Å². The van der Waals surface area contributed by atoms with Crippen molar-refractivity contribution in [2.24, 2.45) is 0 Å². The van der Waals surface area contributed by atoms with Gasteiger partial charge in [-0.2, -0.15) is 0 Å². The fourth-order valence-electron chi connectivity index (χ4n) is 2.80. The van der Waals surface area contributed by atoms with Crippen LogP contribution in [-0.4, -0.2) is 35.7 Å². The predicted octanol–water partition coefficient (Wildman–Crippen LogP) is 3.41. The van der Waals surface area contributed by atoms with E-state index in [0.29, 0.717) is 48.2 Å². The Balaban J connectivity index is 1.79. The first kappa shape index (κ1) is 16.0. The smallest absolute Gasteiger partial charge is 0.259 e. The average molecular weight is 335 g/mol. The van der Waals surface area contributed by atoms with Crippen molar-refractivity contribution in [1.29, 1.82) is 0 Å². The summed E-state index contributed by atoms with van der Waals surface area (Å²) in [7, 11) is 0. The molecular formula is C17H19ClN2O3. The first-order chi connectivity index (χ1) is 11.1. The van der Waals surface area contributed by atoms with Gasteiger partial charge in [-0.3, -0.25) is 4.79 Å². The van der Waals surface area contributed by atoms with E-state index >= 15 is 0 Å². The summed E-state index contributed by atoms with van der Waals surface area (Å²) in [4.78, 5) is 14.6. The number of morpholine rings is 1. The summed E-state index contributed by atoms with van der Waals surface area (Å²) in [5.74, 6) is 0.532. The molecule has 0 unspecified atom stereocenters. The van der Waals surface area contributed by atoms with Gasteiger partial charge in [-0.05, 0) is 31.0 Å². The average Bonchev–Trinajstić information content (AvgIpc) is 2.95. The Bertz CT molecular complexity index is 696. The van der Waals surface area contributed by atoms with E-state index < -0.39 is 0 Å². The molecule has 0 aliphatic carbocycles. The molecule has 1 saturated heterocycles. The summed E-state index contributed by atoms with van der Waals surface area (Å²) >= 11 is 5.93. The van der Waals surface area contributed by atoms with Crippen LogP contribution in [0.2, 0.25) is 5.02 Å². The van der Waals surface area contributed by atoms with E-state index in [9.17, 15) is 4.79 Å². The Hall–Kier alpha value is -1.85. The van der Waals surface area contributed by atoms with Crippen molar-refractivity contribution in [2.75, 3.05) is 19.7 Å². The van der Waals surface area contributed by atoms with Gasteiger partial charge in [0.1, 0.15) is 17.4 Å². The number of carbonyl (C=O) groups is 1. The molecule has 1 aliphatic heterocycles. The zero-order chi connectivity index (χ0) is 16.4. The maximum atomic E-state index is 12.8. The normalized spacial score (nSPS) is 18.2. The lowest BCUT2D eigenvalue weighted by Crippen LogP contribution is -2.42. The number of rotatable bonds is 3. The second-order valence-corrected chi connectivity index (χ2v) is 6.01. The zero-order valence-corrected chi connectivity index (χ0v) is 14.0. The standard InChI is InChI=1S/C17H19ClN2O3/c1-3-14-16(11(2)23-19-14)17(21)20-8-9-22-15(10-20)12-4-6-13(18)7-5-12/h4-7,15H,3,8-10H2,1-2H3/t15-/m0/s1. The van der Waals surface area contributed by atoms with Gasteiger partial charge in [0.2, 0.25) is 0 Å².